The number of aryl methyl sites for hydroxylation is 2. The monoisotopic (exact) mass is 514 g/mol. The highest BCUT2D eigenvalue weighted by molar-refractivity contribution is 5.66. The molecule has 0 spiro atoms. The summed E-state index contributed by atoms with van der Waals surface area (Å²) >= 11 is 0. The van der Waals surface area contributed by atoms with Crippen LogP contribution in [0.4, 0.5) is 0 Å². The Kier molecular flexibility index (Phi) is 11.8. The predicted molar refractivity (Wildman–Crippen MR) is 168 cm³/mol. The van der Waals surface area contributed by atoms with Gasteiger partial charge in [-0.1, -0.05) is 114 Å². The molecule has 0 bridgehead atoms. The normalized spacial score (nSPS) is 24.0. The Morgan fingerprint density at radius 3 is 1.39 bits per heavy atom. The lowest BCUT2D eigenvalue weighted by atomic mass is 9.75. The van der Waals surface area contributed by atoms with E-state index in [0.29, 0.717) is 0 Å². The highest BCUT2D eigenvalue weighted by Gasteiger charge is 2.24. The van der Waals surface area contributed by atoms with Crippen molar-refractivity contribution in [2.75, 3.05) is 0 Å². The third-order valence-corrected chi connectivity index (χ3v) is 10.4. The van der Waals surface area contributed by atoms with Crippen molar-refractivity contribution >= 4 is 0 Å². The van der Waals surface area contributed by atoms with Gasteiger partial charge in [0.2, 0.25) is 0 Å². The van der Waals surface area contributed by atoms with Crippen LogP contribution in [0.15, 0.2) is 36.4 Å². The first-order valence-electron chi connectivity index (χ1n) is 16.8. The molecule has 0 N–H and O–H groups in total. The Bertz CT molecular complexity index is 952. The van der Waals surface area contributed by atoms with Crippen LogP contribution in [0.25, 0.3) is 11.1 Å². The molecule has 210 valence electrons. The second kappa shape index (κ2) is 15.3. The van der Waals surface area contributed by atoms with E-state index in [2.05, 4.69) is 64.1 Å². The van der Waals surface area contributed by atoms with Gasteiger partial charge in [0.1, 0.15) is 0 Å². The van der Waals surface area contributed by atoms with E-state index in [-0.39, 0.29) is 0 Å². The highest BCUT2D eigenvalue weighted by Crippen LogP contribution is 2.41. The van der Waals surface area contributed by atoms with Crippen molar-refractivity contribution in [2.45, 2.75) is 155 Å². The summed E-state index contributed by atoms with van der Waals surface area (Å²) in [6.07, 6.45) is 25.7. The van der Waals surface area contributed by atoms with Gasteiger partial charge in [-0.3, -0.25) is 0 Å². The van der Waals surface area contributed by atoms with Gasteiger partial charge in [0.05, 0.1) is 0 Å². The summed E-state index contributed by atoms with van der Waals surface area (Å²) in [6.45, 7) is 9.36. The summed E-state index contributed by atoms with van der Waals surface area (Å²) in [7, 11) is 0. The molecule has 4 rings (SSSR count). The van der Waals surface area contributed by atoms with Crippen molar-refractivity contribution < 1.29 is 0 Å². The molecule has 2 aromatic rings. The Balaban J connectivity index is 1.27. The molecule has 0 aliphatic heterocycles. The molecule has 2 aliphatic carbocycles. The molecule has 0 atom stereocenters. The summed E-state index contributed by atoms with van der Waals surface area (Å²) in [5, 5.41) is 0. The lowest BCUT2D eigenvalue weighted by Crippen LogP contribution is -2.14. The van der Waals surface area contributed by atoms with Crippen molar-refractivity contribution in [2.24, 2.45) is 11.8 Å². The standard InChI is InChI=1S/C38H58/c1-5-7-8-9-10-11-12-14-32-17-21-34(22-18-32)38-26-24-36(28-30(38)4)35-23-25-37(29(3)27-35)33-19-15-31(13-6-2)16-20-33/h23-28,31-34H,5-22H2,1-4H3/t31-,32-,33-,34-. The van der Waals surface area contributed by atoms with Crippen LogP contribution in [0.1, 0.15) is 164 Å². The quantitative estimate of drug-likeness (QED) is 0.233. The number of hydrogen-bond donors (Lipinski definition) is 0. The van der Waals surface area contributed by atoms with Crippen LogP contribution in [-0.4, -0.2) is 0 Å². The fourth-order valence-electron chi connectivity index (χ4n) is 7.95. The zero-order chi connectivity index (χ0) is 26.7. The first-order chi connectivity index (χ1) is 18.6. The van der Waals surface area contributed by atoms with Gasteiger partial charge in [-0.05, 0) is 122 Å². The molecule has 2 aromatic carbocycles. The van der Waals surface area contributed by atoms with Gasteiger partial charge in [0, 0.05) is 0 Å². The maximum absolute atomic E-state index is 2.48. The lowest BCUT2D eigenvalue weighted by Gasteiger charge is -2.30. The van der Waals surface area contributed by atoms with Crippen LogP contribution in [0.2, 0.25) is 0 Å². The molecule has 0 heteroatoms. The van der Waals surface area contributed by atoms with Gasteiger partial charge in [0.15, 0.2) is 0 Å². The third-order valence-electron chi connectivity index (χ3n) is 10.4. The average molecular weight is 515 g/mol. The molecule has 0 heterocycles. The number of unbranched alkanes of at least 4 members (excludes halogenated alkanes) is 6. The predicted octanol–water partition coefficient (Wildman–Crippen LogP) is 12.5. The molecule has 0 radical (unpaired) electrons. The van der Waals surface area contributed by atoms with Crippen molar-refractivity contribution in [1.82, 2.24) is 0 Å². The molecule has 0 unspecified atom stereocenters. The Morgan fingerprint density at radius 2 is 0.947 bits per heavy atom. The molecular weight excluding hydrogens is 456 g/mol. The molecule has 0 nitrogen and oxygen atoms in total. The van der Waals surface area contributed by atoms with E-state index in [0.717, 1.165) is 23.7 Å². The van der Waals surface area contributed by atoms with Crippen LogP contribution < -0.4 is 0 Å². The van der Waals surface area contributed by atoms with Gasteiger partial charge in [-0.25, -0.2) is 0 Å². The Morgan fingerprint density at radius 1 is 0.500 bits per heavy atom. The topological polar surface area (TPSA) is 0 Å². The van der Waals surface area contributed by atoms with Crippen molar-refractivity contribution in [3.63, 3.8) is 0 Å². The van der Waals surface area contributed by atoms with E-state index in [1.165, 1.54) is 138 Å². The number of benzene rings is 2. The zero-order valence-electron chi connectivity index (χ0n) is 25.5. The minimum absolute atomic E-state index is 0.779. The highest BCUT2D eigenvalue weighted by atomic mass is 14.3. The van der Waals surface area contributed by atoms with Crippen LogP contribution in [-0.2, 0) is 0 Å². The summed E-state index contributed by atoms with van der Waals surface area (Å²) in [4.78, 5) is 0. The molecule has 0 aromatic heterocycles. The maximum atomic E-state index is 2.48. The molecule has 0 amide bonds. The maximum Gasteiger partial charge on any atom is -0.0159 e. The largest absolute Gasteiger partial charge is 0.0654 e. The van der Waals surface area contributed by atoms with E-state index in [9.17, 15) is 0 Å². The minimum Gasteiger partial charge on any atom is -0.0654 e. The smallest absolute Gasteiger partial charge is 0.0159 e. The Hall–Kier alpha value is -1.56. The molecular formula is C38H58. The summed E-state index contributed by atoms with van der Waals surface area (Å²) in [5.74, 6) is 3.53. The average Bonchev–Trinajstić information content (AvgIpc) is 2.94. The summed E-state index contributed by atoms with van der Waals surface area (Å²) in [5.41, 5.74) is 9.06. The second-order valence-corrected chi connectivity index (χ2v) is 13.3. The van der Waals surface area contributed by atoms with Gasteiger partial charge in [-0.15, -0.1) is 0 Å². The van der Waals surface area contributed by atoms with E-state index in [1.54, 1.807) is 11.1 Å². The van der Waals surface area contributed by atoms with E-state index in [4.69, 9.17) is 0 Å². The van der Waals surface area contributed by atoms with Crippen molar-refractivity contribution in [3.05, 3.63) is 58.7 Å². The minimum atomic E-state index is 0.779. The lowest BCUT2D eigenvalue weighted by molar-refractivity contribution is 0.301. The Labute approximate surface area is 236 Å². The van der Waals surface area contributed by atoms with E-state index >= 15 is 0 Å². The molecule has 38 heavy (non-hydrogen) atoms. The second-order valence-electron chi connectivity index (χ2n) is 13.3. The molecule has 2 saturated carbocycles. The summed E-state index contributed by atoms with van der Waals surface area (Å²) in [6, 6.07) is 14.7. The molecule has 0 saturated heterocycles. The van der Waals surface area contributed by atoms with Gasteiger partial charge >= 0.3 is 0 Å². The first kappa shape index (κ1) is 29.4. The van der Waals surface area contributed by atoms with Crippen molar-refractivity contribution in [1.29, 1.82) is 0 Å². The van der Waals surface area contributed by atoms with E-state index < -0.39 is 0 Å². The number of rotatable bonds is 13. The fourth-order valence-corrected chi connectivity index (χ4v) is 7.95. The van der Waals surface area contributed by atoms with Crippen LogP contribution in [0.3, 0.4) is 0 Å². The zero-order valence-corrected chi connectivity index (χ0v) is 25.5. The van der Waals surface area contributed by atoms with Gasteiger partial charge in [-0.2, -0.15) is 0 Å². The van der Waals surface area contributed by atoms with Crippen LogP contribution >= 0.6 is 0 Å². The van der Waals surface area contributed by atoms with Gasteiger partial charge < -0.3 is 0 Å². The van der Waals surface area contributed by atoms with E-state index in [1.807, 2.05) is 0 Å². The number of hydrogen-bond acceptors (Lipinski definition) is 0. The first-order valence-corrected chi connectivity index (χ1v) is 16.8. The molecule has 2 fully saturated rings. The van der Waals surface area contributed by atoms with Crippen molar-refractivity contribution in [3.8, 4) is 11.1 Å². The SMILES string of the molecule is CCCCCCCCC[C@H]1CC[C@H](c2ccc(-c3ccc([C@H]4CC[C@H](CCC)CC4)c(C)c3)cc2C)CC1. The van der Waals surface area contributed by atoms with Crippen LogP contribution in [0, 0.1) is 25.7 Å². The van der Waals surface area contributed by atoms with Crippen LogP contribution in [0.5, 0.6) is 0 Å². The molecule has 2 aliphatic rings. The third kappa shape index (κ3) is 8.22. The van der Waals surface area contributed by atoms with Gasteiger partial charge in [0.25, 0.3) is 0 Å². The fraction of sp³-hybridized carbons (Fsp3) is 0.684. The summed E-state index contributed by atoms with van der Waals surface area (Å²) < 4.78 is 0.